The summed E-state index contributed by atoms with van der Waals surface area (Å²) < 4.78 is 0. The number of aromatic nitrogens is 1. The first-order chi connectivity index (χ1) is 11.5. The number of carbonyl (C=O) groups is 1. The predicted molar refractivity (Wildman–Crippen MR) is 97.8 cm³/mol. The molecule has 24 heavy (non-hydrogen) atoms. The zero-order valence-corrected chi connectivity index (χ0v) is 14.8. The van der Waals surface area contributed by atoms with E-state index in [1.54, 1.807) is 13.0 Å². The van der Waals surface area contributed by atoms with Gasteiger partial charge >= 0.3 is 0 Å². The van der Waals surface area contributed by atoms with E-state index >= 15 is 0 Å². The third kappa shape index (κ3) is 2.97. The molecule has 1 unspecified atom stereocenters. The molecule has 5 nitrogen and oxygen atoms in total. The van der Waals surface area contributed by atoms with E-state index in [1.807, 2.05) is 19.1 Å². The van der Waals surface area contributed by atoms with Crippen molar-refractivity contribution in [3.63, 3.8) is 0 Å². The van der Waals surface area contributed by atoms with E-state index in [9.17, 15) is 9.90 Å². The summed E-state index contributed by atoms with van der Waals surface area (Å²) in [5, 5.41) is 19.9. The lowest BCUT2D eigenvalue weighted by atomic mass is 9.80. The summed E-state index contributed by atoms with van der Waals surface area (Å²) in [4.78, 5) is 16.8. The molecule has 5 N–H and O–H groups in total. The number of aromatic amines is 1. The zero-order chi connectivity index (χ0) is 17.3. The van der Waals surface area contributed by atoms with Crippen molar-refractivity contribution in [2.24, 2.45) is 5.14 Å². The molecule has 1 aromatic carbocycles. The molecule has 0 spiro atoms. The highest BCUT2D eigenvalue weighted by atomic mass is 32.2. The average Bonchev–Trinajstić information content (AvgIpc) is 2.97. The van der Waals surface area contributed by atoms with Crippen LogP contribution in [0.2, 0.25) is 0 Å². The number of benzene rings is 1. The fourth-order valence-corrected chi connectivity index (χ4v) is 3.65. The average molecular weight is 345 g/mol. The van der Waals surface area contributed by atoms with Gasteiger partial charge in [0, 0.05) is 33.5 Å². The van der Waals surface area contributed by atoms with Crippen LogP contribution in [0.1, 0.15) is 31.5 Å². The number of fused-ring (bicyclic) bond motifs is 3. The third-order valence-electron chi connectivity index (χ3n) is 4.94. The summed E-state index contributed by atoms with van der Waals surface area (Å²) in [7, 11) is 0. The minimum absolute atomic E-state index is 0.0762. The Bertz CT molecular complexity index is 812. The van der Waals surface area contributed by atoms with E-state index in [1.165, 1.54) is 23.2 Å². The fraction of sp³-hybridized carbons (Fsp3) is 0.389. The molecule has 1 aliphatic carbocycles. The van der Waals surface area contributed by atoms with E-state index < -0.39 is 5.54 Å². The van der Waals surface area contributed by atoms with Gasteiger partial charge in [-0.05, 0) is 62.4 Å². The Hall–Kier alpha value is -1.76. The van der Waals surface area contributed by atoms with Gasteiger partial charge in [0.15, 0.2) is 0 Å². The number of nitrogens with one attached hydrogen (secondary N) is 2. The summed E-state index contributed by atoms with van der Waals surface area (Å²) in [6.07, 6.45) is 3.90. The van der Waals surface area contributed by atoms with Crippen LogP contribution in [0.15, 0.2) is 34.7 Å². The summed E-state index contributed by atoms with van der Waals surface area (Å²) >= 11 is 1.22. The minimum atomic E-state index is -0.616. The highest BCUT2D eigenvalue weighted by Gasteiger charge is 2.37. The molecule has 0 saturated heterocycles. The van der Waals surface area contributed by atoms with Crippen LogP contribution in [-0.4, -0.2) is 28.1 Å². The second-order valence-corrected chi connectivity index (χ2v) is 7.16. The Balaban J connectivity index is 1.97. The molecule has 1 aromatic heterocycles. The summed E-state index contributed by atoms with van der Waals surface area (Å²) in [6, 6.07) is 6.10. The molecule has 128 valence electrons. The molecular formula is C18H23N3O2S. The van der Waals surface area contributed by atoms with E-state index in [-0.39, 0.29) is 12.5 Å². The highest BCUT2D eigenvalue weighted by Crippen LogP contribution is 2.35. The van der Waals surface area contributed by atoms with E-state index in [0.717, 1.165) is 22.2 Å². The number of hydrogen-bond donors (Lipinski definition) is 4. The number of aliphatic hydroxyl groups is 1. The number of aliphatic hydroxyl groups excluding tert-OH is 1. The topological polar surface area (TPSA) is 91.1 Å². The van der Waals surface area contributed by atoms with Crippen LogP contribution in [0.5, 0.6) is 0 Å². The smallest absolute Gasteiger partial charge is 0.247 e. The first kappa shape index (κ1) is 17.1. The molecule has 1 aliphatic rings. The quantitative estimate of drug-likeness (QED) is 0.506. The lowest BCUT2D eigenvalue weighted by molar-refractivity contribution is -0.120. The van der Waals surface area contributed by atoms with E-state index in [2.05, 4.69) is 16.4 Å². The maximum absolute atomic E-state index is 12.3. The third-order valence-corrected chi connectivity index (χ3v) is 5.47. The Morgan fingerprint density at radius 3 is 3.00 bits per heavy atom. The van der Waals surface area contributed by atoms with Gasteiger partial charge < -0.3 is 15.4 Å². The van der Waals surface area contributed by atoms with Gasteiger partial charge in [-0.15, -0.1) is 0 Å². The predicted octanol–water partition coefficient (Wildman–Crippen LogP) is 2.44. The Morgan fingerprint density at radius 1 is 1.54 bits per heavy atom. The molecular weight excluding hydrogens is 322 g/mol. The minimum Gasteiger partial charge on any atom is -0.394 e. The first-order valence-corrected chi connectivity index (χ1v) is 8.96. The molecule has 3 rings (SSSR count). The van der Waals surface area contributed by atoms with Gasteiger partial charge in [0.25, 0.3) is 0 Å². The lowest BCUT2D eigenvalue weighted by Gasteiger charge is -2.36. The number of amides is 1. The Labute approximate surface area is 145 Å². The molecule has 1 heterocycles. The van der Waals surface area contributed by atoms with Gasteiger partial charge in [-0.1, -0.05) is 6.08 Å². The van der Waals surface area contributed by atoms with Crippen LogP contribution in [0, 0.1) is 0 Å². The van der Waals surface area contributed by atoms with Gasteiger partial charge in [0.1, 0.15) is 0 Å². The van der Waals surface area contributed by atoms with Crippen molar-refractivity contribution in [2.45, 2.75) is 43.5 Å². The monoisotopic (exact) mass is 345 g/mol. The number of carbonyl (C=O) groups excluding carboxylic acids is 1. The first-order valence-electron chi connectivity index (χ1n) is 8.08. The van der Waals surface area contributed by atoms with Gasteiger partial charge in [-0.25, -0.2) is 0 Å². The Kier molecular flexibility index (Phi) is 4.71. The van der Waals surface area contributed by atoms with Gasteiger partial charge in [0.05, 0.1) is 12.1 Å². The van der Waals surface area contributed by atoms with Crippen molar-refractivity contribution >= 4 is 28.8 Å². The van der Waals surface area contributed by atoms with Crippen molar-refractivity contribution in [2.75, 3.05) is 6.61 Å². The molecule has 2 aromatic rings. The van der Waals surface area contributed by atoms with Gasteiger partial charge in [-0.2, -0.15) is 0 Å². The fourth-order valence-electron chi connectivity index (χ4n) is 3.31. The standard InChI is InChI=1S/C18H23N3O2S/c1-3-11(2)17(23)21-18(10-22)7-6-16-14(9-18)13-8-12(24-19)4-5-15(13)20-16/h3-5,8,20,22H,6-7,9-10,19H2,1-2H3,(H,21,23)/b11-3+. The van der Waals surface area contributed by atoms with E-state index in [4.69, 9.17) is 5.14 Å². The number of hydrogen-bond acceptors (Lipinski definition) is 4. The second kappa shape index (κ2) is 6.63. The lowest BCUT2D eigenvalue weighted by Crippen LogP contribution is -2.55. The molecule has 0 bridgehead atoms. The Morgan fingerprint density at radius 2 is 2.33 bits per heavy atom. The summed E-state index contributed by atoms with van der Waals surface area (Å²) in [6.45, 7) is 3.55. The number of allylic oxidation sites excluding steroid dienone is 1. The molecule has 1 amide bonds. The maximum Gasteiger partial charge on any atom is 0.247 e. The zero-order valence-electron chi connectivity index (χ0n) is 14.0. The number of rotatable bonds is 4. The molecule has 1 atom stereocenters. The summed E-state index contributed by atoms with van der Waals surface area (Å²) in [5.41, 5.74) is 3.47. The summed E-state index contributed by atoms with van der Waals surface area (Å²) in [5.74, 6) is -0.118. The van der Waals surface area contributed by atoms with Crippen molar-refractivity contribution < 1.29 is 9.90 Å². The maximum atomic E-state index is 12.3. The molecule has 6 heteroatoms. The van der Waals surface area contributed by atoms with Crippen LogP contribution < -0.4 is 10.5 Å². The number of aryl methyl sites for hydroxylation is 1. The van der Waals surface area contributed by atoms with Gasteiger partial charge in [0.2, 0.25) is 5.91 Å². The molecule has 0 aliphatic heterocycles. The van der Waals surface area contributed by atoms with Crippen LogP contribution in [0.25, 0.3) is 10.9 Å². The molecule has 0 saturated carbocycles. The van der Waals surface area contributed by atoms with E-state index in [0.29, 0.717) is 18.4 Å². The van der Waals surface area contributed by atoms with Crippen molar-refractivity contribution in [3.05, 3.63) is 41.1 Å². The van der Waals surface area contributed by atoms with Crippen LogP contribution in [0.3, 0.4) is 0 Å². The van der Waals surface area contributed by atoms with Crippen LogP contribution in [0.4, 0.5) is 0 Å². The number of H-pyrrole nitrogens is 1. The van der Waals surface area contributed by atoms with Crippen LogP contribution in [-0.2, 0) is 17.6 Å². The molecule has 0 radical (unpaired) electrons. The van der Waals surface area contributed by atoms with Gasteiger partial charge in [-0.3, -0.25) is 9.93 Å². The number of nitrogens with two attached hydrogens (primary N) is 1. The highest BCUT2D eigenvalue weighted by molar-refractivity contribution is 7.97. The largest absolute Gasteiger partial charge is 0.394 e. The van der Waals surface area contributed by atoms with Crippen molar-refractivity contribution in [3.8, 4) is 0 Å². The normalized spacial score (nSPS) is 20.9. The van der Waals surface area contributed by atoms with Crippen molar-refractivity contribution in [1.82, 2.24) is 10.3 Å². The van der Waals surface area contributed by atoms with Crippen LogP contribution >= 0.6 is 11.9 Å². The second-order valence-electron chi connectivity index (χ2n) is 6.45. The SMILES string of the molecule is C/C=C(\C)C(=O)NC1(CO)CCc2[nH]c3ccc(SN)cc3c2C1. The van der Waals surface area contributed by atoms with Crippen molar-refractivity contribution in [1.29, 1.82) is 0 Å². The molecule has 0 fully saturated rings.